The number of hydrogen-bond acceptors (Lipinski definition) is 5. The molecule has 2 heterocycles. The van der Waals surface area contributed by atoms with Gasteiger partial charge in [0.2, 0.25) is 0 Å². The summed E-state index contributed by atoms with van der Waals surface area (Å²) in [7, 11) is 2.05. The van der Waals surface area contributed by atoms with Crippen LogP contribution in [0.5, 0.6) is 0 Å². The van der Waals surface area contributed by atoms with Crippen molar-refractivity contribution in [2.45, 2.75) is 32.4 Å². The van der Waals surface area contributed by atoms with Gasteiger partial charge in [0, 0.05) is 19.6 Å². The fourth-order valence-corrected chi connectivity index (χ4v) is 3.37. The number of carbonyl (C=O) groups excluding carboxylic acids is 1. The van der Waals surface area contributed by atoms with Gasteiger partial charge in [-0.25, -0.2) is 4.68 Å². The highest BCUT2D eigenvalue weighted by Crippen LogP contribution is 2.20. The Morgan fingerprint density at radius 1 is 1.31 bits per heavy atom. The van der Waals surface area contributed by atoms with Crippen LogP contribution in [0, 0.1) is 6.92 Å². The minimum Gasteiger partial charge on any atom is -0.349 e. The molecule has 0 spiro atoms. The van der Waals surface area contributed by atoms with Gasteiger partial charge in [-0.3, -0.25) is 4.79 Å². The Balaban J connectivity index is 1.48. The van der Waals surface area contributed by atoms with E-state index in [2.05, 4.69) is 45.0 Å². The maximum absolute atomic E-state index is 12.4. The molecule has 1 saturated heterocycles. The summed E-state index contributed by atoms with van der Waals surface area (Å²) in [5, 5.41) is 14.7. The van der Waals surface area contributed by atoms with E-state index >= 15 is 0 Å². The molecule has 2 N–H and O–H groups in total. The van der Waals surface area contributed by atoms with Gasteiger partial charge < -0.3 is 15.5 Å². The van der Waals surface area contributed by atoms with E-state index in [0.717, 1.165) is 44.7 Å². The number of amides is 1. The lowest BCUT2D eigenvalue weighted by atomic mass is 10.1. The van der Waals surface area contributed by atoms with E-state index in [-0.39, 0.29) is 5.91 Å². The predicted octanol–water partition coefficient (Wildman–Crippen LogP) is 1.37. The number of piperidine rings is 1. The molecular weight excluding hydrogens is 328 g/mol. The van der Waals surface area contributed by atoms with Crippen molar-refractivity contribution in [3.8, 4) is 0 Å². The Morgan fingerprint density at radius 2 is 2.04 bits per heavy atom. The van der Waals surface area contributed by atoms with Crippen molar-refractivity contribution >= 4 is 5.91 Å². The molecule has 0 atom stereocenters. The second-order valence-corrected chi connectivity index (χ2v) is 6.93. The van der Waals surface area contributed by atoms with E-state index in [4.69, 9.17) is 0 Å². The van der Waals surface area contributed by atoms with Crippen LogP contribution in [-0.2, 0) is 6.54 Å². The van der Waals surface area contributed by atoms with E-state index in [1.54, 1.807) is 0 Å². The molecule has 0 saturated carbocycles. The number of carbonyl (C=O) groups is 1. The molecule has 7 heteroatoms. The standard InChI is InChI=1S/C19H28N6O/c1-15-18(22-23-25(15)17-8-10-20-11-9-17)19(26)21-12-13-24(2)14-16-6-4-3-5-7-16/h3-7,17,20H,8-14H2,1-2H3,(H,21,26). The average molecular weight is 356 g/mol. The van der Waals surface area contributed by atoms with Crippen LogP contribution in [0.1, 0.15) is 40.6 Å². The highest BCUT2D eigenvalue weighted by Gasteiger charge is 2.22. The molecule has 26 heavy (non-hydrogen) atoms. The Morgan fingerprint density at radius 3 is 2.77 bits per heavy atom. The summed E-state index contributed by atoms with van der Waals surface area (Å²) in [5.74, 6) is -0.143. The molecule has 1 aromatic heterocycles. The second kappa shape index (κ2) is 8.91. The quantitative estimate of drug-likeness (QED) is 0.784. The summed E-state index contributed by atoms with van der Waals surface area (Å²) >= 11 is 0. The Bertz CT molecular complexity index is 708. The van der Waals surface area contributed by atoms with Gasteiger partial charge in [0.05, 0.1) is 11.7 Å². The number of aromatic nitrogens is 3. The Kier molecular flexibility index (Phi) is 6.35. The van der Waals surface area contributed by atoms with Gasteiger partial charge in [-0.2, -0.15) is 0 Å². The van der Waals surface area contributed by atoms with Crippen LogP contribution in [0.15, 0.2) is 30.3 Å². The third-order valence-corrected chi connectivity index (χ3v) is 4.87. The average Bonchev–Trinajstić information content (AvgIpc) is 3.04. The van der Waals surface area contributed by atoms with Crippen molar-refractivity contribution < 1.29 is 4.79 Å². The van der Waals surface area contributed by atoms with Gasteiger partial charge >= 0.3 is 0 Å². The molecule has 1 aromatic carbocycles. The lowest BCUT2D eigenvalue weighted by Gasteiger charge is -2.23. The first-order valence-electron chi connectivity index (χ1n) is 9.28. The molecule has 7 nitrogen and oxygen atoms in total. The normalized spacial score (nSPS) is 15.3. The maximum atomic E-state index is 12.4. The molecule has 1 amide bonds. The Labute approximate surface area is 154 Å². The molecular formula is C19H28N6O. The number of nitrogens with zero attached hydrogens (tertiary/aromatic N) is 4. The number of benzene rings is 1. The van der Waals surface area contributed by atoms with Crippen LogP contribution in [0.2, 0.25) is 0 Å². The zero-order valence-electron chi connectivity index (χ0n) is 15.6. The summed E-state index contributed by atoms with van der Waals surface area (Å²) in [6.45, 7) is 6.13. The molecule has 1 aliphatic rings. The van der Waals surface area contributed by atoms with Gasteiger partial charge in [0.1, 0.15) is 0 Å². The minimum atomic E-state index is -0.143. The number of rotatable bonds is 7. The molecule has 140 valence electrons. The molecule has 0 bridgehead atoms. The molecule has 1 fully saturated rings. The molecule has 1 aliphatic heterocycles. The highest BCUT2D eigenvalue weighted by molar-refractivity contribution is 5.93. The second-order valence-electron chi connectivity index (χ2n) is 6.93. The first-order chi connectivity index (χ1) is 12.6. The fraction of sp³-hybridized carbons (Fsp3) is 0.526. The van der Waals surface area contributed by atoms with Crippen LogP contribution in [0.3, 0.4) is 0 Å². The molecule has 0 radical (unpaired) electrons. The number of likely N-dealkylation sites (N-methyl/N-ethyl adjacent to an activating group) is 1. The van der Waals surface area contributed by atoms with Crippen molar-refractivity contribution in [3.05, 3.63) is 47.3 Å². The summed E-state index contributed by atoms with van der Waals surface area (Å²) in [4.78, 5) is 14.6. The zero-order chi connectivity index (χ0) is 18.4. The van der Waals surface area contributed by atoms with Crippen LogP contribution < -0.4 is 10.6 Å². The third-order valence-electron chi connectivity index (χ3n) is 4.87. The SMILES string of the molecule is Cc1c(C(=O)NCCN(C)Cc2ccccc2)nnn1C1CCNCC1. The van der Waals surface area contributed by atoms with Crippen molar-refractivity contribution in [3.63, 3.8) is 0 Å². The fourth-order valence-electron chi connectivity index (χ4n) is 3.37. The largest absolute Gasteiger partial charge is 0.349 e. The van der Waals surface area contributed by atoms with Crippen LogP contribution in [-0.4, -0.2) is 59.0 Å². The smallest absolute Gasteiger partial charge is 0.273 e. The number of nitrogens with one attached hydrogen (secondary N) is 2. The van der Waals surface area contributed by atoms with E-state index in [0.29, 0.717) is 18.3 Å². The van der Waals surface area contributed by atoms with Gasteiger partial charge in [0.15, 0.2) is 5.69 Å². The first-order valence-corrected chi connectivity index (χ1v) is 9.28. The summed E-state index contributed by atoms with van der Waals surface area (Å²) in [5.41, 5.74) is 2.56. The first kappa shape index (κ1) is 18.5. The summed E-state index contributed by atoms with van der Waals surface area (Å²) in [6, 6.07) is 10.7. The highest BCUT2D eigenvalue weighted by atomic mass is 16.2. The van der Waals surface area contributed by atoms with Crippen LogP contribution in [0.4, 0.5) is 0 Å². The van der Waals surface area contributed by atoms with E-state index in [9.17, 15) is 4.79 Å². The molecule has 3 rings (SSSR count). The lowest BCUT2D eigenvalue weighted by Crippen LogP contribution is -2.33. The molecule has 0 aliphatic carbocycles. The monoisotopic (exact) mass is 356 g/mol. The third kappa shape index (κ3) is 4.68. The van der Waals surface area contributed by atoms with Crippen LogP contribution >= 0.6 is 0 Å². The predicted molar refractivity (Wildman–Crippen MR) is 101 cm³/mol. The van der Waals surface area contributed by atoms with Gasteiger partial charge in [-0.05, 0) is 45.5 Å². The van der Waals surface area contributed by atoms with E-state index < -0.39 is 0 Å². The van der Waals surface area contributed by atoms with Crippen molar-refractivity contribution in [2.24, 2.45) is 0 Å². The van der Waals surface area contributed by atoms with E-state index in [1.165, 1.54) is 5.56 Å². The summed E-state index contributed by atoms with van der Waals surface area (Å²) in [6.07, 6.45) is 2.05. The maximum Gasteiger partial charge on any atom is 0.273 e. The minimum absolute atomic E-state index is 0.143. The molecule has 0 unspecified atom stereocenters. The summed E-state index contributed by atoms with van der Waals surface area (Å²) < 4.78 is 1.91. The number of hydrogen-bond donors (Lipinski definition) is 2. The van der Waals surface area contributed by atoms with Crippen molar-refractivity contribution in [1.29, 1.82) is 0 Å². The Hall–Kier alpha value is -2.25. The van der Waals surface area contributed by atoms with E-state index in [1.807, 2.05) is 29.8 Å². The van der Waals surface area contributed by atoms with Crippen molar-refractivity contribution in [2.75, 3.05) is 33.2 Å². The van der Waals surface area contributed by atoms with Gasteiger partial charge in [-0.1, -0.05) is 35.5 Å². The van der Waals surface area contributed by atoms with Crippen molar-refractivity contribution in [1.82, 2.24) is 30.5 Å². The topological polar surface area (TPSA) is 75.1 Å². The molecule has 2 aromatic rings. The van der Waals surface area contributed by atoms with Crippen LogP contribution in [0.25, 0.3) is 0 Å². The zero-order valence-corrected chi connectivity index (χ0v) is 15.6. The lowest BCUT2D eigenvalue weighted by molar-refractivity contribution is 0.0944. The van der Waals surface area contributed by atoms with Gasteiger partial charge in [-0.15, -0.1) is 5.10 Å². The van der Waals surface area contributed by atoms with Gasteiger partial charge in [0.25, 0.3) is 5.91 Å².